The summed E-state index contributed by atoms with van der Waals surface area (Å²) >= 11 is 5.39. The Labute approximate surface area is 138 Å². The standard InChI is InChI=1S/C15H9IN2S2/c16-10-5-3-9(4-6-10)15-13(11-2-1-7-19-11)14(18)12(8-17)20-15/h1-7H,18H2. The van der Waals surface area contributed by atoms with Gasteiger partial charge in [-0.3, -0.25) is 0 Å². The summed E-state index contributed by atoms with van der Waals surface area (Å²) in [5.41, 5.74) is 8.85. The molecule has 0 aliphatic heterocycles. The number of benzene rings is 1. The van der Waals surface area contributed by atoms with Crippen LogP contribution in [0, 0.1) is 14.9 Å². The second-order valence-corrected chi connectivity index (χ2v) is 7.36. The largest absolute Gasteiger partial charge is 0.396 e. The SMILES string of the molecule is N#Cc1sc(-c2ccc(I)cc2)c(-c2cccs2)c1N. The van der Waals surface area contributed by atoms with Gasteiger partial charge < -0.3 is 5.73 Å². The maximum atomic E-state index is 9.23. The summed E-state index contributed by atoms with van der Waals surface area (Å²) in [5, 5.41) is 11.3. The first-order chi connectivity index (χ1) is 9.70. The van der Waals surface area contributed by atoms with E-state index in [1.165, 1.54) is 14.9 Å². The van der Waals surface area contributed by atoms with Gasteiger partial charge in [-0.05, 0) is 51.7 Å². The topological polar surface area (TPSA) is 49.8 Å². The van der Waals surface area contributed by atoms with Crippen molar-refractivity contribution in [2.45, 2.75) is 0 Å². The molecule has 2 N–H and O–H groups in total. The number of nitriles is 1. The van der Waals surface area contributed by atoms with E-state index in [2.05, 4.69) is 52.9 Å². The summed E-state index contributed by atoms with van der Waals surface area (Å²) in [5.74, 6) is 0. The van der Waals surface area contributed by atoms with Gasteiger partial charge in [0.2, 0.25) is 0 Å². The Morgan fingerprint density at radius 1 is 1.15 bits per heavy atom. The highest BCUT2D eigenvalue weighted by atomic mass is 127. The molecule has 20 heavy (non-hydrogen) atoms. The van der Waals surface area contributed by atoms with E-state index < -0.39 is 0 Å². The lowest BCUT2D eigenvalue weighted by Crippen LogP contribution is -1.87. The number of thiophene rings is 2. The third-order valence-corrected chi connectivity index (χ3v) is 5.69. The van der Waals surface area contributed by atoms with Crippen LogP contribution >= 0.6 is 45.3 Å². The normalized spacial score (nSPS) is 10.4. The lowest BCUT2D eigenvalue weighted by Gasteiger charge is -2.03. The number of hydrogen-bond donors (Lipinski definition) is 1. The molecule has 2 heterocycles. The van der Waals surface area contributed by atoms with Crippen LogP contribution in [0.4, 0.5) is 5.69 Å². The number of rotatable bonds is 2. The number of nitrogens with two attached hydrogens (primary N) is 1. The van der Waals surface area contributed by atoms with E-state index >= 15 is 0 Å². The Balaban J connectivity index is 2.25. The first-order valence-corrected chi connectivity index (χ1v) is 8.60. The molecule has 0 aliphatic carbocycles. The van der Waals surface area contributed by atoms with Gasteiger partial charge in [0.25, 0.3) is 0 Å². The smallest absolute Gasteiger partial charge is 0.129 e. The molecule has 0 saturated carbocycles. The molecule has 0 radical (unpaired) electrons. The van der Waals surface area contributed by atoms with Crippen LogP contribution in [0.25, 0.3) is 20.9 Å². The fourth-order valence-corrected chi connectivity index (χ4v) is 4.25. The summed E-state index contributed by atoms with van der Waals surface area (Å²) in [6.45, 7) is 0. The molecule has 98 valence electrons. The molecular weight excluding hydrogens is 399 g/mol. The van der Waals surface area contributed by atoms with Gasteiger partial charge >= 0.3 is 0 Å². The lowest BCUT2D eigenvalue weighted by molar-refractivity contribution is 1.52. The highest BCUT2D eigenvalue weighted by Gasteiger charge is 2.19. The molecule has 0 fully saturated rings. The second-order valence-electron chi connectivity index (χ2n) is 4.14. The molecule has 2 aromatic heterocycles. The summed E-state index contributed by atoms with van der Waals surface area (Å²) < 4.78 is 1.19. The van der Waals surface area contributed by atoms with Gasteiger partial charge in [-0.15, -0.1) is 22.7 Å². The van der Waals surface area contributed by atoms with E-state index in [4.69, 9.17) is 5.73 Å². The van der Waals surface area contributed by atoms with Crippen molar-refractivity contribution in [1.82, 2.24) is 0 Å². The molecule has 0 unspecified atom stereocenters. The van der Waals surface area contributed by atoms with Crippen molar-refractivity contribution < 1.29 is 0 Å². The van der Waals surface area contributed by atoms with Crippen LogP contribution in [0.1, 0.15) is 4.88 Å². The number of hydrogen-bond acceptors (Lipinski definition) is 4. The zero-order valence-electron chi connectivity index (χ0n) is 10.3. The Bertz CT molecular complexity index is 781. The molecule has 0 spiro atoms. The van der Waals surface area contributed by atoms with E-state index in [9.17, 15) is 5.26 Å². The first kappa shape index (κ1) is 13.6. The fourth-order valence-electron chi connectivity index (χ4n) is 2.00. The Morgan fingerprint density at radius 3 is 2.50 bits per heavy atom. The molecule has 0 aliphatic rings. The zero-order chi connectivity index (χ0) is 14.1. The van der Waals surface area contributed by atoms with Crippen LogP contribution in [0.5, 0.6) is 0 Å². The van der Waals surface area contributed by atoms with Crippen molar-refractivity contribution in [3.8, 4) is 27.0 Å². The van der Waals surface area contributed by atoms with Crippen molar-refractivity contribution in [2.75, 3.05) is 5.73 Å². The number of anilines is 1. The summed E-state index contributed by atoms with van der Waals surface area (Å²) in [7, 11) is 0. The molecule has 0 bridgehead atoms. The Morgan fingerprint density at radius 2 is 1.90 bits per heavy atom. The molecule has 3 rings (SSSR count). The molecule has 2 nitrogen and oxygen atoms in total. The monoisotopic (exact) mass is 408 g/mol. The maximum absolute atomic E-state index is 9.23. The second kappa shape index (κ2) is 5.56. The minimum atomic E-state index is 0.585. The van der Waals surface area contributed by atoms with Gasteiger partial charge in [0, 0.05) is 18.9 Å². The Hall–Kier alpha value is -1.36. The third-order valence-electron chi connectivity index (χ3n) is 2.92. The van der Waals surface area contributed by atoms with Crippen molar-refractivity contribution in [3.05, 3.63) is 50.2 Å². The van der Waals surface area contributed by atoms with Gasteiger partial charge in [-0.2, -0.15) is 5.26 Å². The molecule has 0 atom stereocenters. The van der Waals surface area contributed by atoms with Gasteiger partial charge in [0.1, 0.15) is 10.9 Å². The van der Waals surface area contributed by atoms with Gasteiger partial charge in [0.15, 0.2) is 0 Å². The highest BCUT2D eigenvalue weighted by Crippen LogP contribution is 2.46. The molecule has 5 heteroatoms. The van der Waals surface area contributed by atoms with E-state index in [0.29, 0.717) is 10.6 Å². The van der Waals surface area contributed by atoms with Crippen LogP contribution in [-0.4, -0.2) is 0 Å². The van der Waals surface area contributed by atoms with E-state index in [-0.39, 0.29) is 0 Å². The maximum Gasteiger partial charge on any atom is 0.129 e. The first-order valence-electron chi connectivity index (χ1n) is 5.83. The number of nitrogen functional groups attached to an aromatic ring is 1. The number of halogens is 1. The molecule has 3 aromatic rings. The third kappa shape index (κ3) is 2.35. The predicted octanol–water partition coefficient (Wildman–Crippen LogP) is 5.20. The van der Waals surface area contributed by atoms with E-state index in [1.807, 2.05) is 17.5 Å². The van der Waals surface area contributed by atoms with E-state index in [0.717, 1.165) is 20.9 Å². The molecule has 1 aromatic carbocycles. The van der Waals surface area contributed by atoms with Crippen LogP contribution in [-0.2, 0) is 0 Å². The average molecular weight is 408 g/mol. The van der Waals surface area contributed by atoms with Crippen LogP contribution in [0.3, 0.4) is 0 Å². The van der Waals surface area contributed by atoms with Crippen LogP contribution in [0.2, 0.25) is 0 Å². The lowest BCUT2D eigenvalue weighted by atomic mass is 10.1. The molecule has 0 saturated heterocycles. The fraction of sp³-hybridized carbons (Fsp3) is 0. The van der Waals surface area contributed by atoms with Gasteiger partial charge in [-0.1, -0.05) is 18.2 Å². The van der Waals surface area contributed by atoms with Gasteiger partial charge in [-0.25, -0.2) is 0 Å². The number of nitrogens with zero attached hydrogens (tertiary/aromatic N) is 1. The highest BCUT2D eigenvalue weighted by molar-refractivity contribution is 14.1. The summed E-state index contributed by atoms with van der Waals surface area (Å²) in [6.07, 6.45) is 0. The summed E-state index contributed by atoms with van der Waals surface area (Å²) in [6, 6.07) is 14.5. The predicted molar refractivity (Wildman–Crippen MR) is 94.9 cm³/mol. The minimum Gasteiger partial charge on any atom is -0.396 e. The molecule has 0 amide bonds. The van der Waals surface area contributed by atoms with Gasteiger partial charge in [0.05, 0.1) is 5.69 Å². The summed E-state index contributed by atoms with van der Waals surface area (Å²) in [4.78, 5) is 2.76. The van der Waals surface area contributed by atoms with Crippen LogP contribution in [0.15, 0.2) is 41.8 Å². The van der Waals surface area contributed by atoms with Crippen molar-refractivity contribution in [1.29, 1.82) is 5.26 Å². The van der Waals surface area contributed by atoms with Crippen LogP contribution < -0.4 is 5.73 Å². The zero-order valence-corrected chi connectivity index (χ0v) is 14.1. The van der Waals surface area contributed by atoms with E-state index in [1.54, 1.807) is 11.3 Å². The minimum absolute atomic E-state index is 0.585. The molecular formula is C15H9IN2S2. The quantitative estimate of drug-likeness (QED) is 0.593. The van der Waals surface area contributed by atoms with Crippen molar-refractivity contribution >= 4 is 51.0 Å². The average Bonchev–Trinajstić information content (AvgIpc) is 3.07. The Kier molecular flexibility index (Phi) is 3.78. The van der Waals surface area contributed by atoms with Crippen molar-refractivity contribution in [3.63, 3.8) is 0 Å². The van der Waals surface area contributed by atoms with Crippen molar-refractivity contribution in [2.24, 2.45) is 0 Å².